The summed E-state index contributed by atoms with van der Waals surface area (Å²) in [5.74, 6) is -2.42. The molecule has 1 heterocycles. The lowest BCUT2D eigenvalue weighted by Gasteiger charge is -2.20. The molecule has 0 radical (unpaired) electrons. The van der Waals surface area contributed by atoms with Crippen LogP contribution in [0.5, 0.6) is 5.75 Å². The fraction of sp³-hybridized carbons (Fsp3) is 0.312. The monoisotopic (exact) mass is 387 g/mol. The lowest BCUT2D eigenvalue weighted by atomic mass is 10.1. The quantitative estimate of drug-likeness (QED) is 0.728. The average molecular weight is 388 g/mol. The maximum absolute atomic E-state index is 14.3. The zero-order valence-corrected chi connectivity index (χ0v) is 14.7. The van der Waals surface area contributed by atoms with Crippen LogP contribution in [0.3, 0.4) is 0 Å². The van der Waals surface area contributed by atoms with Crippen molar-refractivity contribution < 1.29 is 23.0 Å². The zero-order chi connectivity index (χ0) is 17.4. The van der Waals surface area contributed by atoms with Crippen LogP contribution in [0.4, 0.5) is 13.6 Å². The van der Waals surface area contributed by atoms with E-state index in [9.17, 15) is 13.6 Å². The summed E-state index contributed by atoms with van der Waals surface area (Å²) < 4.78 is 39.9. The molecule has 1 aromatic carbocycles. The van der Waals surface area contributed by atoms with Gasteiger partial charge in [0.25, 0.3) is 0 Å². The van der Waals surface area contributed by atoms with Gasteiger partial charge in [-0.2, -0.15) is 4.39 Å². The van der Waals surface area contributed by atoms with Gasteiger partial charge in [-0.05, 0) is 54.9 Å². The largest absolute Gasteiger partial charge is 0.494 e. The van der Waals surface area contributed by atoms with Crippen LogP contribution in [0, 0.1) is 11.6 Å². The molecular weight excluding hydrogens is 372 g/mol. The molecule has 0 N–H and O–H groups in total. The summed E-state index contributed by atoms with van der Waals surface area (Å²) in [5.41, 5.74) is -0.612. The highest BCUT2D eigenvalue weighted by atomic mass is 79.9. The second-order valence-electron chi connectivity index (χ2n) is 5.84. The molecule has 4 nitrogen and oxygen atoms in total. The first-order chi connectivity index (χ1) is 10.6. The average Bonchev–Trinajstić information content (AvgIpc) is 2.82. The molecule has 0 atom stereocenters. The van der Waals surface area contributed by atoms with Gasteiger partial charge in [-0.15, -0.1) is 0 Å². The van der Waals surface area contributed by atoms with Crippen LogP contribution < -0.4 is 4.74 Å². The molecule has 2 rings (SSSR count). The Kier molecular flexibility index (Phi) is 4.79. The first-order valence-corrected chi connectivity index (χ1v) is 7.57. The van der Waals surface area contributed by atoms with E-state index in [1.807, 2.05) is 0 Å². The third kappa shape index (κ3) is 3.72. The fourth-order valence-electron chi connectivity index (χ4n) is 1.99. The van der Waals surface area contributed by atoms with Gasteiger partial charge in [0.2, 0.25) is 5.82 Å². The van der Waals surface area contributed by atoms with E-state index in [1.54, 1.807) is 20.8 Å². The van der Waals surface area contributed by atoms with E-state index < -0.39 is 23.3 Å². The molecule has 0 aliphatic heterocycles. The second kappa shape index (κ2) is 6.31. The molecule has 0 aliphatic carbocycles. The predicted molar refractivity (Wildman–Crippen MR) is 85.7 cm³/mol. The number of rotatable bonds is 2. The summed E-state index contributed by atoms with van der Waals surface area (Å²) in [6, 6.07) is 4.15. The first kappa shape index (κ1) is 17.5. The van der Waals surface area contributed by atoms with Crippen molar-refractivity contribution in [3.05, 3.63) is 40.5 Å². The van der Waals surface area contributed by atoms with Crippen LogP contribution in [0.1, 0.15) is 20.8 Å². The molecule has 2 aromatic rings. The van der Waals surface area contributed by atoms with Crippen molar-refractivity contribution in [3.8, 4) is 17.0 Å². The van der Waals surface area contributed by atoms with Gasteiger partial charge in [-0.25, -0.2) is 9.18 Å². The molecule has 23 heavy (non-hydrogen) atoms. The number of carbonyl (C=O) groups is 1. The van der Waals surface area contributed by atoms with Crippen molar-refractivity contribution in [1.82, 2.24) is 4.57 Å². The molecule has 0 unspecified atom stereocenters. The summed E-state index contributed by atoms with van der Waals surface area (Å²) in [7, 11) is 1.25. The number of ether oxygens (including phenoxy) is 2. The Morgan fingerprint density at radius 2 is 1.87 bits per heavy atom. The van der Waals surface area contributed by atoms with Gasteiger partial charge in [-0.1, -0.05) is 0 Å². The normalized spacial score (nSPS) is 11.4. The van der Waals surface area contributed by atoms with Crippen LogP contribution in [-0.2, 0) is 4.74 Å². The number of hydrogen-bond donors (Lipinski definition) is 0. The summed E-state index contributed by atoms with van der Waals surface area (Å²) in [4.78, 5) is 12.3. The number of benzene rings is 1. The number of hydrogen-bond acceptors (Lipinski definition) is 3. The molecule has 0 bridgehead atoms. The van der Waals surface area contributed by atoms with Crippen molar-refractivity contribution in [1.29, 1.82) is 0 Å². The van der Waals surface area contributed by atoms with E-state index >= 15 is 0 Å². The maximum atomic E-state index is 14.3. The van der Waals surface area contributed by atoms with Gasteiger partial charge in [0, 0.05) is 16.2 Å². The molecule has 0 saturated heterocycles. The summed E-state index contributed by atoms with van der Waals surface area (Å²) in [6.07, 6.45) is 0.749. The Hall–Kier alpha value is -1.89. The molecular formula is C16H16BrF2NO3. The molecule has 1 aromatic heterocycles. The van der Waals surface area contributed by atoms with Crippen LogP contribution in [-0.4, -0.2) is 23.4 Å². The minimum atomic E-state index is -1.11. The summed E-state index contributed by atoms with van der Waals surface area (Å²) >= 11 is 3.23. The molecule has 0 aliphatic rings. The standard InChI is InChI=1S/C16H16BrF2NO3/c1-16(2,3)23-15(21)20-8-9(17)7-11(20)10-5-6-12(22-4)14(19)13(10)18/h5-8H,1-4H3. The highest BCUT2D eigenvalue weighted by Gasteiger charge is 2.24. The number of nitrogens with zero attached hydrogens (tertiary/aromatic N) is 1. The number of methoxy groups -OCH3 is 1. The number of carbonyl (C=O) groups excluding carboxylic acids is 1. The Labute approximate surface area is 141 Å². The fourth-order valence-corrected chi connectivity index (χ4v) is 2.41. The molecule has 124 valence electrons. The smallest absolute Gasteiger partial charge is 0.419 e. The van der Waals surface area contributed by atoms with Crippen LogP contribution in [0.15, 0.2) is 28.9 Å². The lowest BCUT2D eigenvalue weighted by molar-refractivity contribution is 0.0540. The number of halogens is 3. The highest BCUT2D eigenvalue weighted by molar-refractivity contribution is 9.10. The molecule has 0 saturated carbocycles. The van der Waals surface area contributed by atoms with Gasteiger partial charge >= 0.3 is 6.09 Å². The van der Waals surface area contributed by atoms with E-state index in [-0.39, 0.29) is 17.0 Å². The lowest BCUT2D eigenvalue weighted by Crippen LogP contribution is -2.27. The predicted octanol–water partition coefficient (Wildman–Crippen LogP) is 4.99. The van der Waals surface area contributed by atoms with Crippen LogP contribution >= 0.6 is 15.9 Å². The van der Waals surface area contributed by atoms with E-state index in [0.29, 0.717) is 4.47 Å². The minimum Gasteiger partial charge on any atom is -0.494 e. The van der Waals surface area contributed by atoms with Crippen molar-refractivity contribution in [2.45, 2.75) is 26.4 Å². The minimum absolute atomic E-state index is 0.0696. The SMILES string of the molecule is COc1ccc(-c2cc(Br)cn2C(=O)OC(C)(C)C)c(F)c1F. The van der Waals surface area contributed by atoms with Crippen molar-refractivity contribution in [3.63, 3.8) is 0 Å². The van der Waals surface area contributed by atoms with Gasteiger partial charge in [0.15, 0.2) is 11.6 Å². The Morgan fingerprint density at radius 1 is 1.22 bits per heavy atom. The zero-order valence-electron chi connectivity index (χ0n) is 13.1. The topological polar surface area (TPSA) is 40.5 Å². The van der Waals surface area contributed by atoms with Crippen molar-refractivity contribution >= 4 is 22.0 Å². The third-order valence-electron chi connectivity index (χ3n) is 2.92. The summed E-state index contributed by atoms with van der Waals surface area (Å²) in [5, 5.41) is 0. The molecule has 0 fully saturated rings. The van der Waals surface area contributed by atoms with Gasteiger partial charge < -0.3 is 9.47 Å². The maximum Gasteiger partial charge on any atom is 0.419 e. The molecule has 0 amide bonds. The second-order valence-corrected chi connectivity index (χ2v) is 6.75. The van der Waals surface area contributed by atoms with Crippen molar-refractivity contribution in [2.24, 2.45) is 0 Å². The molecule has 0 spiro atoms. The van der Waals surface area contributed by atoms with Gasteiger partial charge in [0.1, 0.15) is 5.60 Å². The Morgan fingerprint density at radius 3 is 2.43 bits per heavy atom. The Bertz CT molecular complexity index is 751. The molecule has 7 heteroatoms. The van der Waals surface area contributed by atoms with Gasteiger partial charge in [0.05, 0.1) is 12.8 Å². The third-order valence-corrected chi connectivity index (χ3v) is 3.35. The Balaban J connectivity index is 2.54. The van der Waals surface area contributed by atoms with E-state index in [2.05, 4.69) is 15.9 Å². The van der Waals surface area contributed by atoms with Crippen molar-refractivity contribution in [2.75, 3.05) is 7.11 Å². The van der Waals surface area contributed by atoms with E-state index in [1.165, 1.54) is 31.5 Å². The summed E-state index contributed by atoms with van der Waals surface area (Å²) in [6.45, 7) is 5.16. The van der Waals surface area contributed by atoms with Crippen LogP contribution in [0.2, 0.25) is 0 Å². The van der Waals surface area contributed by atoms with E-state index in [4.69, 9.17) is 9.47 Å². The highest BCUT2D eigenvalue weighted by Crippen LogP contribution is 2.32. The van der Waals surface area contributed by atoms with Crippen LogP contribution in [0.25, 0.3) is 11.3 Å². The first-order valence-electron chi connectivity index (χ1n) is 6.77. The number of aromatic nitrogens is 1. The van der Waals surface area contributed by atoms with E-state index in [0.717, 1.165) is 4.57 Å². The van der Waals surface area contributed by atoms with Gasteiger partial charge in [-0.3, -0.25) is 4.57 Å².